The fourth-order valence-corrected chi connectivity index (χ4v) is 2.33. The first-order valence-corrected chi connectivity index (χ1v) is 6.67. The number of benzene rings is 2. The largest absolute Gasteiger partial charge is 0.508 e. The molecule has 3 N–H and O–H groups in total. The minimum Gasteiger partial charge on any atom is -0.508 e. The molecule has 1 atom stereocenters. The molecule has 2 aromatic rings. The standard InChI is InChI=1S/C17H21NO/c1-11(2)16-10-14(7-8-17(16)19)12(3)13-5-4-6-15(18)9-13/h4-12,19H,18H2,1-3H3. The first-order chi connectivity index (χ1) is 8.99. The molecule has 1 unspecified atom stereocenters. The van der Waals surface area contributed by atoms with Crippen LogP contribution in [0.5, 0.6) is 5.75 Å². The summed E-state index contributed by atoms with van der Waals surface area (Å²) in [5, 5.41) is 9.88. The lowest BCUT2D eigenvalue weighted by Crippen LogP contribution is -1.99. The normalized spacial score (nSPS) is 12.6. The Kier molecular flexibility index (Phi) is 3.79. The van der Waals surface area contributed by atoms with Gasteiger partial charge >= 0.3 is 0 Å². The van der Waals surface area contributed by atoms with Crippen LogP contribution in [0.15, 0.2) is 42.5 Å². The van der Waals surface area contributed by atoms with E-state index in [1.807, 2.05) is 24.3 Å². The van der Waals surface area contributed by atoms with E-state index < -0.39 is 0 Å². The molecule has 0 aliphatic rings. The molecule has 0 aromatic heterocycles. The molecule has 2 aromatic carbocycles. The second-order valence-electron chi connectivity index (χ2n) is 5.36. The Hall–Kier alpha value is -1.96. The van der Waals surface area contributed by atoms with Gasteiger partial charge in [-0.2, -0.15) is 0 Å². The van der Waals surface area contributed by atoms with Crippen LogP contribution < -0.4 is 5.73 Å². The minimum absolute atomic E-state index is 0.265. The summed E-state index contributed by atoms with van der Waals surface area (Å²) in [6.45, 7) is 6.33. The Bertz CT molecular complexity index is 575. The van der Waals surface area contributed by atoms with E-state index in [0.717, 1.165) is 11.3 Å². The molecule has 0 bridgehead atoms. The van der Waals surface area contributed by atoms with Crippen LogP contribution in [0.3, 0.4) is 0 Å². The van der Waals surface area contributed by atoms with Gasteiger partial charge in [0, 0.05) is 11.6 Å². The van der Waals surface area contributed by atoms with Gasteiger partial charge in [0.25, 0.3) is 0 Å². The highest BCUT2D eigenvalue weighted by Gasteiger charge is 2.12. The number of hydrogen-bond acceptors (Lipinski definition) is 2. The monoisotopic (exact) mass is 255 g/mol. The molecule has 2 heteroatoms. The maximum atomic E-state index is 9.88. The number of aromatic hydroxyl groups is 1. The SMILES string of the molecule is CC(C)c1cc(C(C)c2cccc(N)c2)ccc1O. The third kappa shape index (κ3) is 2.90. The zero-order chi connectivity index (χ0) is 14.0. The van der Waals surface area contributed by atoms with Gasteiger partial charge in [0.15, 0.2) is 0 Å². The van der Waals surface area contributed by atoms with Gasteiger partial charge in [-0.05, 0) is 40.8 Å². The van der Waals surface area contributed by atoms with Crippen LogP contribution in [-0.4, -0.2) is 5.11 Å². The van der Waals surface area contributed by atoms with Crippen molar-refractivity contribution in [1.29, 1.82) is 0 Å². The van der Waals surface area contributed by atoms with Crippen LogP contribution in [-0.2, 0) is 0 Å². The van der Waals surface area contributed by atoms with Crippen molar-refractivity contribution in [1.82, 2.24) is 0 Å². The smallest absolute Gasteiger partial charge is 0.119 e. The van der Waals surface area contributed by atoms with E-state index in [2.05, 4.69) is 32.9 Å². The molecule has 0 amide bonds. The molecule has 0 saturated carbocycles. The van der Waals surface area contributed by atoms with E-state index in [1.54, 1.807) is 6.07 Å². The van der Waals surface area contributed by atoms with E-state index in [0.29, 0.717) is 11.7 Å². The van der Waals surface area contributed by atoms with Crippen molar-refractivity contribution in [2.24, 2.45) is 0 Å². The lowest BCUT2D eigenvalue weighted by molar-refractivity contribution is 0.464. The fraction of sp³-hybridized carbons (Fsp3) is 0.294. The maximum absolute atomic E-state index is 9.88. The summed E-state index contributed by atoms with van der Waals surface area (Å²) in [6, 6.07) is 13.8. The first kappa shape index (κ1) is 13.5. The summed E-state index contributed by atoms with van der Waals surface area (Å²) in [7, 11) is 0. The second-order valence-corrected chi connectivity index (χ2v) is 5.36. The number of rotatable bonds is 3. The lowest BCUT2D eigenvalue weighted by Gasteiger charge is -2.16. The predicted octanol–water partition coefficient (Wildman–Crippen LogP) is 4.25. The minimum atomic E-state index is 0.265. The number of nitrogen functional groups attached to an aromatic ring is 1. The molecule has 2 rings (SSSR count). The summed E-state index contributed by atoms with van der Waals surface area (Å²) in [6.07, 6.45) is 0. The number of phenolic OH excluding ortho intramolecular Hbond substituents is 1. The Labute approximate surface area is 114 Å². The Morgan fingerprint density at radius 1 is 0.947 bits per heavy atom. The average molecular weight is 255 g/mol. The number of phenols is 1. The molecule has 0 radical (unpaired) electrons. The summed E-state index contributed by atoms with van der Waals surface area (Å²) >= 11 is 0. The summed E-state index contributed by atoms with van der Waals surface area (Å²) < 4.78 is 0. The van der Waals surface area contributed by atoms with Crippen molar-refractivity contribution < 1.29 is 5.11 Å². The van der Waals surface area contributed by atoms with Gasteiger partial charge in [-0.25, -0.2) is 0 Å². The third-order valence-electron chi connectivity index (χ3n) is 3.58. The van der Waals surface area contributed by atoms with E-state index in [4.69, 9.17) is 5.73 Å². The maximum Gasteiger partial charge on any atom is 0.119 e. The van der Waals surface area contributed by atoms with Crippen LogP contribution in [0.4, 0.5) is 5.69 Å². The van der Waals surface area contributed by atoms with E-state index in [1.165, 1.54) is 11.1 Å². The van der Waals surface area contributed by atoms with Crippen molar-refractivity contribution in [3.05, 3.63) is 59.2 Å². The topological polar surface area (TPSA) is 46.2 Å². The zero-order valence-corrected chi connectivity index (χ0v) is 11.7. The molecule has 100 valence electrons. The number of nitrogens with two attached hydrogens (primary N) is 1. The van der Waals surface area contributed by atoms with Gasteiger partial charge in [0.2, 0.25) is 0 Å². The van der Waals surface area contributed by atoms with Crippen LogP contribution in [0, 0.1) is 0 Å². The van der Waals surface area contributed by atoms with Gasteiger partial charge in [-0.15, -0.1) is 0 Å². The van der Waals surface area contributed by atoms with Gasteiger partial charge in [-0.1, -0.05) is 45.0 Å². The second kappa shape index (κ2) is 5.35. The van der Waals surface area contributed by atoms with Gasteiger partial charge < -0.3 is 10.8 Å². The summed E-state index contributed by atoms with van der Waals surface area (Å²) in [5.41, 5.74) is 10.0. The molecule has 2 nitrogen and oxygen atoms in total. The summed E-state index contributed by atoms with van der Waals surface area (Å²) in [5.74, 6) is 0.952. The molecular weight excluding hydrogens is 234 g/mol. The molecule has 19 heavy (non-hydrogen) atoms. The van der Waals surface area contributed by atoms with E-state index in [-0.39, 0.29) is 5.92 Å². The van der Waals surface area contributed by atoms with Crippen molar-refractivity contribution >= 4 is 5.69 Å². The van der Waals surface area contributed by atoms with Crippen molar-refractivity contribution in [2.45, 2.75) is 32.6 Å². The molecule has 0 aliphatic carbocycles. The number of hydrogen-bond donors (Lipinski definition) is 2. The highest BCUT2D eigenvalue weighted by atomic mass is 16.3. The van der Waals surface area contributed by atoms with Crippen LogP contribution in [0.1, 0.15) is 49.3 Å². The molecule has 0 fully saturated rings. The lowest BCUT2D eigenvalue weighted by atomic mass is 9.89. The van der Waals surface area contributed by atoms with Crippen LogP contribution in [0.2, 0.25) is 0 Å². The first-order valence-electron chi connectivity index (χ1n) is 6.67. The van der Waals surface area contributed by atoms with Gasteiger partial charge in [0.1, 0.15) is 5.75 Å². The molecular formula is C17H21NO. The molecule has 0 heterocycles. The van der Waals surface area contributed by atoms with Crippen LogP contribution >= 0.6 is 0 Å². The third-order valence-corrected chi connectivity index (χ3v) is 3.58. The average Bonchev–Trinajstić information content (AvgIpc) is 2.38. The Balaban J connectivity index is 2.39. The summed E-state index contributed by atoms with van der Waals surface area (Å²) in [4.78, 5) is 0. The van der Waals surface area contributed by atoms with Crippen molar-refractivity contribution in [3.8, 4) is 5.75 Å². The quantitative estimate of drug-likeness (QED) is 0.805. The number of anilines is 1. The van der Waals surface area contributed by atoms with Gasteiger partial charge in [0.05, 0.1) is 0 Å². The Morgan fingerprint density at radius 3 is 2.26 bits per heavy atom. The van der Waals surface area contributed by atoms with Crippen molar-refractivity contribution in [2.75, 3.05) is 5.73 Å². The van der Waals surface area contributed by atoms with E-state index in [9.17, 15) is 5.11 Å². The highest BCUT2D eigenvalue weighted by Crippen LogP contribution is 2.32. The molecule has 0 aliphatic heterocycles. The van der Waals surface area contributed by atoms with Crippen LogP contribution in [0.25, 0.3) is 0 Å². The molecule has 0 spiro atoms. The van der Waals surface area contributed by atoms with Gasteiger partial charge in [-0.3, -0.25) is 0 Å². The Morgan fingerprint density at radius 2 is 1.63 bits per heavy atom. The van der Waals surface area contributed by atoms with E-state index >= 15 is 0 Å². The molecule has 0 saturated heterocycles. The highest BCUT2D eigenvalue weighted by molar-refractivity contribution is 5.46. The predicted molar refractivity (Wildman–Crippen MR) is 80.6 cm³/mol. The van der Waals surface area contributed by atoms with Crippen molar-refractivity contribution in [3.63, 3.8) is 0 Å². The zero-order valence-electron chi connectivity index (χ0n) is 11.7. The fourth-order valence-electron chi connectivity index (χ4n) is 2.33.